The standard InChI is InChI=1S/C18H19NO3/c1-2-22-17-5-3-4-16(14-17)7-6-15-8-11-19(12-9-15)13-10-18(20)21/h3-9,11-12,14H,2,10,13H2,1H3/p+1/b7-6-. The number of hydrogen-bond donors (Lipinski definition) is 1. The third kappa shape index (κ3) is 5.05. The first-order valence-corrected chi connectivity index (χ1v) is 7.29. The third-order valence-corrected chi connectivity index (χ3v) is 3.14. The molecule has 22 heavy (non-hydrogen) atoms. The molecule has 0 atom stereocenters. The molecule has 4 nitrogen and oxygen atoms in total. The van der Waals surface area contributed by atoms with Crippen LogP contribution in [-0.4, -0.2) is 17.7 Å². The summed E-state index contributed by atoms with van der Waals surface area (Å²) >= 11 is 0. The van der Waals surface area contributed by atoms with E-state index in [1.807, 2.05) is 72.4 Å². The summed E-state index contributed by atoms with van der Waals surface area (Å²) in [4.78, 5) is 10.5. The number of carboxylic acids is 1. The van der Waals surface area contributed by atoms with Crippen LogP contribution in [0.5, 0.6) is 5.75 Å². The maximum absolute atomic E-state index is 10.5. The van der Waals surface area contributed by atoms with Gasteiger partial charge in [0, 0.05) is 12.1 Å². The molecule has 0 aliphatic carbocycles. The molecule has 1 aromatic carbocycles. The summed E-state index contributed by atoms with van der Waals surface area (Å²) in [6.45, 7) is 3.10. The second-order valence-corrected chi connectivity index (χ2v) is 4.85. The smallest absolute Gasteiger partial charge is 0.309 e. The average molecular weight is 298 g/mol. The molecule has 0 aliphatic heterocycles. The van der Waals surface area contributed by atoms with Gasteiger partial charge in [0.1, 0.15) is 12.2 Å². The quantitative estimate of drug-likeness (QED) is 0.799. The zero-order valence-electron chi connectivity index (χ0n) is 12.6. The van der Waals surface area contributed by atoms with Crippen molar-refractivity contribution >= 4 is 18.1 Å². The van der Waals surface area contributed by atoms with E-state index in [1.165, 1.54) is 0 Å². The SMILES string of the molecule is CCOc1cccc(/C=C\c2cc[n+](CCC(=O)O)cc2)c1. The van der Waals surface area contributed by atoms with Crippen LogP contribution < -0.4 is 9.30 Å². The van der Waals surface area contributed by atoms with Gasteiger partial charge in [-0.25, -0.2) is 4.57 Å². The highest BCUT2D eigenvalue weighted by Gasteiger charge is 2.03. The monoisotopic (exact) mass is 298 g/mol. The Labute approximate surface area is 130 Å². The Morgan fingerprint density at radius 1 is 1.18 bits per heavy atom. The van der Waals surface area contributed by atoms with E-state index in [4.69, 9.17) is 9.84 Å². The second-order valence-electron chi connectivity index (χ2n) is 4.85. The molecule has 1 aromatic heterocycles. The summed E-state index contributed by atoms with van der Waals surface area (Å²) in [5, 5.41) is 8.67. The normalized spacial score (nSPS) is 10.8. The molecule has 1 heterocycles. The van der Waals surface area contributed by atoms with Crippen LogP contribution in [0.1, 0.15) is 24.5 Å². The lowest BCUT2D eigenvalue weighted by atomic mass is 10.1. The van der Waals surface area contributed by atoms with E-state index >= 15 is 0 Å². The number of ether oxygens (including phenoxy) is 1. The van der Waals surface area contributed by atoms with Gasteiger partial charge < -0.3 is 9.84 Å². The van der Waals surface area contributed by atoms with Crippen molar-refractivity contribution in [2.24, 2.45) is 0 Å². The van der Waals surface area contributed by atoms with E-state index in [9.17, 15) is 4.79 Å². The van der Waals surface area contributed by atoms with Crippen molar-refractivity contribution in [2.75, 3.05) is 6.61 Å². The molecule has 0 aliphatic rings. The Morgan fingerprint density at radius 3 is 2.59 bits per heavy atom. The number of aryl methyl sites for hydroxylation is 1. The van der Waals surface area contributed by atoms with Gasteiger partial charge in [-0.15, -0.1) is 0 Å². The van der Waals surface area contributed by atoms with Crippen molar-refractivity contribution in [3.8, 4) is 5.75 Å². The number of aliphatic carboxylic acids is 1. The molecule has 2 rings (SSSR count). The minimum atomic E-state index is -0.786. The van der Waals surface area contributed by atoms with Crippen LogP contribution in [-0.2, 0) is 11.3 Å². The number of carboxylic acid groups (broad SMARTS) is 1. The first kappa shape index (κ1) is 15.8. The molecule has 0 saturated heterocycles. The van der Waals surface area contributed by atoms with Gasteiger partial charge in [0.05, 0.1) is 6.61 Å². The molecule has 0 fully saturated rings. The molecule has 4 heteroatoms. The van der Waals surface area contributed by atoms with Crippen molar-refractivity contribution in [3.63, 3.8) is 0 Å². The molecular formula is C18H20NO3+. The van der Waals surface area contributed by atoms with Gasteiger partial charge in [-0.05, 0) is 30.2 Å². The predicted octanol–water partition coefficient (Wildman–Crippen LogP) is 3.02. The molecule has 0 saturated carbocycles. The van der Waals surface area contributed by atoms with E-state index in [0.29, 0.717) is 13.2 Å². The van der Waals surface area contributed by atoms with Gasteiger partial charge in [-0.3, -0.25) is 4.79 Å². The van der Waals surface area contributed by atoms with Crippen LogP contribution in [0.15, 0.2) is 48.8 Å². The number of aromatic nitrogens is 1. The molecule has 0 amide bonds. The van der Waals surface area contributed by atoms with E-state index in [1.54, 1.807) is 0 Å². The predicted molar refractivity (Wildman–Crippen MR) is 85.4 cm³/mol. The second kappa shape index (κ2) is 7.98. The highest BCUT2D eigenvalue weighted by Crippen LogP contribution is 2.15. The number of carbonyl (C=O) groups is 1. The first-order valence-electron chi connectivity index (χ1n) is 7.29. The van der Waals surface area contributed by atoms with Gasteiger partial charge in [0.15, 0.2) is 18.9 Å². The maximum atomic E-state index is 10.5. The van der Waals surface area contributed by atoms with E-state index in [2.05, 4.69) is 0 Å². The topological polar surface area (TPSA) is 50.4 Å². The number of hydrogen-bond acceptors (Lipinski definition) is 2. The number of rotatable bonds is 7. The van der Waals surface area contributed by atoms with Crippen LogP contribution in [0, 0.1) is 0 Å². The van der Waals surface area contributed by atoms with Crippen molar-refractivity contribution in [3.05, 3.63) is 59.9 Å². The molecule has 0 spiro atoms. The fourth-order valence-electron chi connectivity index (χ4n) is 2.02. The molecule has 0 radical (unpaired) electrons. The first-order chi connectivity index (χ1) is 10.7. The average Bonchev–Trinajstić information content (AvgIpc) is 2.53. The van der Waals surface area contributed by atoms with Crippen LogP contribution >= 0.6 is 0 Å². The molecule has 0 unspecified atom stereocenters. The van der Waals surface area contributed by atoms with Crippen LogP contribution in [0.25, 0.3) is 12.2 Å². The fraction of sp³-hybridized carbons (Fsp3) is 0.222. The van der Waals surface area contributed by atoms with Crippen molar-refractivity contribution in [1.29, 1.82) is 0 Å². The van der Waals surface area contributed by atoms with Crippen molar-refractivity contribution in [2.45, 2.75) is 19.9 Å². The van der Waals surface area contributed by atoms with Gasteiger partial charge in [0.2, 0.25) is 0 Å². The summed E-state index contributed by atoms with van der Waals surface area (Å²) in [5.41, 5.74) is 2.14. The number of nitrogens with zero attached hydrogens (tertiary/aromatic N) is 1. The maximum Gasteiger partial charge on any atom is 0.309 e. The van der Waals surface area contributed by atoms with Gasteiger partial charge in [-0.2, -0.15) is 0 Å². The van der Waals surface area contributed by atoms with E-state index < -0.39 is 5.97 Å². The molecule has 114 valence electrons. The highest BCUT2D eigenvalue weighted by atomic mass is 16.5. The minimum Gasteiger partial charge on any atom is -0.494 e. The lowest BCUT2D eigenvalue weighted by molar-refractivity contribution is -0.696. The summed E-state index contributed by atoms with van der Waals surface area (Å²) in [7, 11) is 0. The molecule has 1 N–H and O–H groups in total. The lowest BCUT2D eigenvalue weighted by Gasteiger charge is -2.03. The van der Waals surface area contributed by atoms with Crippen LogP contribution in [0.2, 0.25) is 0 Å². The van der Waals surface area contributed by atoms with Gasteiger partial charge >= 0.3 is 5.97 Å². The number of pyridine rings is 1. The van der Waals surface area contributed by atoms with E-state index in [-0.39, 0.29) is 6.42 Å². The highest BCUT2D eigenvalue weighted by molar-refractivity contribution is 5.69. The Bertz CT molecular complexity index is 648. The van der Waals surface area contributed by atoms with Crippen molar-refractivity contribution < 1.29 is 19.2 Å². The largest absolute Gasteiger partial charge is 0.494 e. The lowest BCUT2D eigenvalue weighted by Crippen LogP contribution is -2.33. The summed E-state index contributed by atoms with van der Waals surface area (Å²) in [6, 6.07) is 11.9. The number of benzene rings is 1. The fourth-order valence-corrected chi connectivity index (χ4v) is 2.02. The van der Waals surface area contributed by atoms with Crippen molar-refractivity contribution in [1.82, 2.24) is 0 Å². The summed E-state index contributed by atoms with van der Waals surface area (Å²) in [5.74, 6) is 0.0786. The Kier molecular flexibility index (Phi) is 5.72. The summed E-state index contributed by atoms with van der Waals surface area (Å²) in [6.07, 6.45) is 7.95. The molecular weight excluding hydrogens is 278 g/mol. The zero-order chi connectivity index (χ0) is 15.8. The molecule has 0 bridgehead atoms. The summed E-state index contributed by atoms with van der Waals surface area (Å²) < 4.78 is 7.34. The Balaban J connectivity index is 2.00. The van der Waals surface area contributed by atoms with Crippen LogP contribution in [0.3, 0.4) is 0 Å². The Morgan fingerprint density at radius 2 is 1.91 bits per heavy atom. The van der Waals surface area contributed by atoms with Crippen LogP contribution in [0.4, 0.5) is 0 Å². The third-order valence-electron chi connectivity index (χ3n) is 3.14. The zero-order valence-corrected chi connectivity index (χ0v) is 12.6. The Hall–Kier alpha value is -2.62. The van der Waals surface area contributed by atoms with E-state index in [0.717, 1.165) is 16.9 Å². The van der Waals surface area contributed by atoms with Gasteiger partial charge in [0.25, 0.3) is 0 Å². The molecule has 2 aromatic rings. The van der Waals surface area contributed by atoms with Gasteiger partial charge in [-0.1, -0.05) is 24.3 Å². The minimum absolute atomic E-state index is 0.129.